The molecule has 1 fully saturated rings. The highest BCUT2D eigenvalue weighted by atomic mass is 32.2. The third kappa shape index (κ3) is 3.70. The summed E-state index contributed by atoms with van der Waals surface area (Å²) >= 11 is 2.09. The molecule has 0 spiro atoms. The van der Waals surface area contributed by atoms with Crippen molar-refractivity contribution in [3.05, 3.63) is 29.8 Å². The number of rotatable bonds is 5. The van der Waals surface area contributed by atoms with E-state index in [4.69, 9.17) is 0 Å². The fourth-order valence-corrected chi connectivity index (χ4v) is 4.12. The van der Waals surface area contributed by atoms with Gasteiger partial charge >= 0.3 is 0 Å². The molecule has 2 rings (SSSR count). The summed E-state index contributed by atoms with van der Waals surface area (Å²) in [6.45, 7) is 12.5. The molecule has 0 saturated carbocycles. The van der Waals surface area contributed by atoms with Gasteiger partial charge in [-0.1, -0.05) is 32.0 Å². The monoisotopic (exact) mass is 292 g/mol. The van der Waals surface area contributed by atoms with E-state index in [-0.39, 0.29) is 0 Å². The smallest absolute Gasteiger partial charge is 0.0415 e. The van der Waals surface area contributed by atoms with Crippen molar-refractivity contribution in [2.45, 2.75) is 44.9 Å². The van der Waals surface area contributed by atoms with Crippen LogP contribution in [0.1, 0.15) is 45.7 Å². The first-order chi connectivity index (χ1) is 9.57. The summed E-state index contributed by atoms with van der Waals surface area (Å²) in [6.07, 6.45) is 1.14. The first-order valence-corrected chi connectivity index (χ1v) is 8.77. The molecule has 1 aromatic rings. The van der Waals surface area contributed by atoms with Crippen LogP contribution in [0, 0.1) is 0 Å². The number of benzene rings is 1. The summed E-state index contributed by atoms with van der Waals surface area (Å²) in [6, 6.07) is 9.39. The van der Waals surface area contributed by atoms with Crippen LogP contribution in [-0.2, 0) is 0 Å². The molecule has 1 aromatic carbocycles. The molecule has 0 bridgehead atoms. The Kier molecular flexibility index (Phi) is 5.39. The van der Waals surface area contributed by atoms with Crippen LogP contribution in [0.5, 0.6) is 0 Å². The van der Waals surface area contributed by atoms with Crippen LogP contribution in [0.25, 0.3) is 0 Å². The molecule has 0 aliphatic carbocycles. The summed E-state index contributed by atoms with van der Waals surface area (Å²) in [5.41, 5.74) is 2.88. The normalized spacial score (nSPS) is 19.9. The lowest BCUT2D eigenvalue weighted by atomic mass is 10.0. The number of nitrogens with zero attached hydrogens (tertiary/aromatic N) is 1. The Morgan fingerprint density at radius 2 is 2.05 bits per heavy atom. The van der Waals surface area contributed by atoms with Gasteiger partial charge in [0, 0.05) is 35.3 Å². The minimum absolute atomic E-state index is 0.352. The number of hydrogen-bond donors (Lipinski definition) is 1. The molecule has 112 valence electrons. The number of thioether (sulfide) groups is 1. The molecule has 3 heteroatoms. The Morgan fingerprint density at radius 3 is 2.70 bits per heavy atom. The van der Waals surface area contributed by atoms with Crippen LogP contribution in [0.4, 0.5) is 5.69 Å². The van der Waals surface area contributed by atoms with Gasteiger partial charge in [0.2, 0.25) is 0 Å². The summed E-state index contributed by atoms with van der Waals surface area (Å²) in [4.78, 5) is 2.58. The highest BCUT2D eigenvalue weighted by Gasteiger charge is 2.28. The zero-order chi connectivity index (χ0) is 14.6. The average molecular weight is 292 g/mol. The van der Waals surface area contributed by atoms with E-state index < -0.39 is 0 Å². The van der Waals surface area contributed by atoms with Gasteiger partial charge in [-0.2, -0.15) is 11.8 Å². The van der Waals surface area contributed by atoms with Crippen LogP contribution in [0.15, 0.2) is 24.3 Å². The standard InChI is InChI=1S/C17H28N2S/c1-5-15(18-6-2)14-9-7-8-10-16(14)19-11-12-20-17(3,4)13-19/h7-10,15,18H,5-6,11-13H2,1-4H3. The van der Waals surface area contributed by atoms with Gasteiger partial charge in [0.1, 0.15) is 0 Å². The van der Waals surface area contributed by atoms with Gasteiger partial charge in [0.15, 0.2) is 0 Å². The molecule has 1 atom stereocenters. The van der Waals surface area contributed by atoms with Crippen molar-refractivity contribution >= 4 is 17.4 Å². The lowest BCUT2D eigenvalue weighted by molar-refractivity contribution is 0.534. The Bertz CT molecular complexity index is 431. The number of para-hydroxylation sites is 1. The van der Waals surface area contributed by atoms with Gasteiger partial charge in [0.05, 0.1) is 0 Å². The van der Waals surface area contributed by atoms with E-state index in [0.717, 1.165) is 26.1 Å². The van der Waals surface area contributed by atoms with Crippen LogP contribution >= 0.6 is 11.8 Å². The zero-order valence-electron chi connectivity index (χ0n) is 13.3. The molecule has 2 nitrogen and oxygen atoms in total. The van der Waals surface area contributed by atoms with E-state index in [1.54, 1.807) is 0 Å². The molecular formula is C17H28N2S. The fraction of sp³-hybridized carbons (Fsp3) is 0.647. The highest BCUT2D eigenvalue weighted by Crippen LogP contribution is 2.35. The summed E-state index contributed by atoms with van der Waals surface area (Å²) in [5.74, 6) is 1.22. The van der Waals surface area contributed by atoms with Gasteiger partial charge in [0.25, 0.3) is 0 Å². The van der Waals surface area contributed by atoms with Crippen molar-refractivity contribution in [3.8, 4) is 0 Å². The molecule has 1 heterocycles. The predicted octanol–water partition coefficient (Wildman–Crippen LogP) is 4.08. The van der Waals surface area contributed by atoms with Crippen LogP contribution in [0.3, 0.4) is 0 Å². The highest BCUT2D eigenvalue weighted by molar-refractivity contribution is 8.00. The molecular weight excluding hydrogens is 264 g/mol. The quantitative estimate of drug-likeness (QED) is 0.880. The molecule has 0 aromatic heterocycles. The Morgan fingerprint density at radius 1 is 1.30 bits per heavy atom. The van der Waals surface area contributed by atoms with E-state index in [1.807, 2.05) is 0 Å². The zero-order valence-corrected chi connectivity index (χ0v) is 14.1. The van der Waals surface area contributed by atoms with Crippen molar-refractivity contribution in [3.63, 3.8) is 0 Å². The largest absolute Gasteiger partial charge is 0.369 e. The van der Waals surface area contributed by atoms with E-state index in [0.29, 0.717) is 10.8 Å². The van der Waals surface area contributed by atoms with E-state index >= 15 is 0 Å². The summed E-state index contributed by atoms with van der Waals surface area (Å²) in [5, 5.41) is 3.62. The lowest BCUT2D eigenvalue weighted by Gasteiger charge is -2.40. The third-order valence-corrected chi connectivity index (χ3v) is 5.23. The van der Waals surface area contributed by atoms with Crippen molar-refractivity contribution in [1.29, 1.82) is 0 Å². The molecule has 1 unspecified atom stereocenters. The van der Waals surface area contributed by atoms with Crippen LogP contribution < -0.4 is 10.2 Å². The second-order valence-electron chi connectivity index (χ2n) is 6.11. The second kappa shape index (κ2) is 6.86. The molecule has 0 amide bonds. The molecule has 1 N–H and O–H groups in total. The van der Waals surface area contributed by atoms with Gasteiger partial charge in [-0.25, -0.2) is 0 Å². The molecule has 20 heavy (non-hydrogen) atoms. The van der Waals surface area contributed by atoms with Crippen molar-refractivity contribution in [2.75, 3.05) is 30.3 Å². The third-order valence-electron chi connectivity index (χ3n) is 3.94. The first kappa shape index (κ1) is 15.7. The van der Waals surface area contributed by atoms with Crippen LogP contribution in [-0.4, -0.2) is 30.1 Å². The topological polar surface area (TPSA) is 15.3 Å². The maximum atomic E-state index is 3.62. The van der Waals surface area contributed by atoms with Crippen molar-refractivity contribution in [2.24, 2.45) is 0 Å². The second-order valence-corrected chi connectivity index (χ2v) is 7.91. The van der Waals surface area contributed by atoms with E-state index in [9.17, 15) is 0 Å². The van der Waals surface area contributed by atoms with Gasteiger partial charge in [-0.05, 0) is 38.4 Å². The maximum Gasteiger partial charge on any atom is 0.0415 e. The summed E-state index contributed by atoms with van der Waals surface area (Å²) < 4.78 is 0.352. The van der Waals surface area contributed by atoms with Gasteiger partial charge in [-0.15, -0.1) is 0 Å². The minimum Gasteiger partial charge on any atom is -0.369 e. The lowest BCUT2D eigenvalue weighted by Crippen LogP contribution is -2.43. The molecule has 1 aliphatic heterocycles. The number of nitrogens with one attached hydrogen (secondary N) is 1. The molecule has 0 radical (unpaired) electrons. The van der Waals surface area contributed by atoms with Crippen molar-refractivity contribution < 1.29 is 0 Å². The van der Waals surface area contributed by atoms with E-state index in [1.165, 1.54) is 17.0 Å². The minimum atomic E-state index is 0.352. The molecule has 1 saturated heterocycles. The Hall–Kier alpha value is -0.670. The van der Waals surface area contributed by atoms with Gasteiger partial charge < -0.3 is 10.2 Å². The Balaban J connectivity index is 2.27. The average Bonchev–Trinajstić information content (AvgIpc) is 2.44. The van der Waals surface area contributed by atoms with Crippen LogP contribution in [0.2, 0.25) is 0 Å². The van der Waals surface area contributed by atoms with Gasteiger partial charge in [-0.3, -0.25) is 0 Å². The number of hydrogen-bond acceptors (Lipinski definition) is 3. The maximum absolute atomic E-state index is 3.62. The summed E-state index contributed by atoms with van der Waals surface area (Å²) in [7, 11) is 0. The number of anilines is 1. The fourth-order valence-electron chi connectivity index (χ4n) is 3.01. The van der Waals surface area contributed by atoms with E-state index in [2.05, 4.69) is 73.9 Å². The predicted molar refractivity (Wildman–Crippen MR) is 91.9 cm³/mol. The first-order valence-electron chi connectivity index (χ1n) is 7.78. The van der Waals surface area contributed by atoms with Crippen molar-refractivity contribution in [1.82, 2.24) is 5.32 Å². The Labute approximate surface area is 128 Å². The molecule has 1 aliphatic rings. The SMILES string of the molecule is CCNC(CC)c1ccccc1N1CCSC(C)(C)C1.